The molecule has 0 aromatic heterocycles. The van der Waals surface area contributed by atoms with Gasteiger partial charge >= 0.3 is 0 Å². The first-order valence-electron chi connectivity index (χ1n) is 31.5. The van der Waals surface area contributed by atoms with E-state index in [0.29, 0.717) is 5.92 Å². The van der Waals surface area contributed by atoms with E-state index in [1.54, 1.807) is 0 Å². The lowest BCUT2D eigenvalue weighted by Gasteiger charge is -2.23. The average Bonchev–Trinajstić information content (AvgIpc) is 1.24. The zero-order valence-corrected chi connectivity index (χ0v) is 54.8. The predicted molar refractivity (Wildman–Crippen MR) is 383 cm³/mol. The van der Waals surface area contributed by atoms with Gasteiger partial charge in [-0.15, -0.1) is 0 Å². The Morgan fingerprint density at radius 3 is 1.43 bits per heavy atom. The molecular formula is C84H102. The molecule has 0 amide bonds. The molecule has 0 heterocycles. The predicted octanol–water partition coefficient (Wildman–Crippen LogP) is 26.8. The average molecular weight is 1110 g/mol. The summed E-state index contributed by atoms with van der Waals surface area (Å²) in [5.74, 6) is 0.496. The number of unbranched alkanes of at least 4 members (excludes halogenated alkanes) is 1. The van der Waals surface area contributed by atoms with Crippen molar-refractivity contribution in [3.05, 3.63) is 276 Å². The van der Waals surface area contributed by atoms with Crippen molar-refractivity contribution in [1.82, 2.24) is 0 Å². The Balaban J connectivity index is 0.00000207. The van der Waals surface area contributed by atoms with Crippen LogP contribution in [-0.4, -0.2) is 0 Å². The second-order valence-electron chi connectivity index (χ2n) is 21.9. The molecule has 0 aliphatic heterocycles. The Labute approximate surface area is 511 Å². The molecule has 0 radical (unpaired) electrons. The maximum Gasteiger partial charge on any atom is -0.00132 e. The van der Waals surface area contributed by atoms with Gasteiger partial charge in [-0.1, -0.05) is 319 Å². The van der Waals surface area contributed by atoms with Gasteiger partial charge in [0.2, 0.25) is 0 Å². The maximum atomic E-state index is 4.64. The van der Waals surface area contributed by atoms with E-state index in [2.05, 4.69) is 321 Å². The molecule has 0 aliphatic carbocycles. The fourth-order valence-corrected chi connectivity index (χ4v) is 9.68. The van der Waals surface area contributed by atoms with Crippen LogP contribution in [0.5, 0.6) is 0 Å². The highest BCUT2D eigenvalue weighted by atomic mass is 14.3. The van der Waals surface area contributed by atoms with Gasteiger partial charge in [-0.2, -0.15) is 0 Å². The molecule has 7 rings (SSSR count). The molecule has 0 spiro atoms. The third-order valence-corrected chi connectivity index (χ3v) is 15.1. The lowest BCUT2D eigenvalue weighted by molar-refractivity contribution is 0.700. The summed E-state index contributed by atoms with van der Waals surface area (Å²) in [5, 5.41) is 4.87. The molecule has 0 nitrogen and oxygen atoms in total. The standard InChI is InChI=1S/C77H82.C3H8.2C2H6/c1-13-16-19-38-64(47-45-60(11)59(10)33-27-32-57(8)56(7)15-3)76-70-43-24-25-44-71(70)77(69(49-55(6)14-2)48-46-61(12)58(9)31-26-30-54(4)5)75-53-73(68-42-29-40-66(51-68)63-36-22-18-23-37-63)72(52-74(75)76)67-41-28-39-65(50-67)62-34-20-17-21-35-62;1-3-2;2*1-2/h17-53,55,58H,12-16H2,1-11H3;3H2,1-2H3;2*1-2H3/b31-26-,32-27-,38-19+,48-46-,57-56+,59-33+,60-45+,64-47+,69-49+;;;. The summed E-state index contributed by atoms with van der Waals surface area (Å²) in [6.45, 7) is 41.4. The number of hydrogen-bond acceptors (Lipinski definition) is 0. The minimum Gasteiger partial charge on any atom is -0.0952 e. The Kier molecular flexibility index (Phi) is 30.0. The van der Waals surface area contributed by atoms with Crippen LogP contribution in [0.2, 0.25) is 0 Å². The van der Waals surface area contributed by atoms with Gasteiger partial charge in [0.1, 0.15) is 0 Å². The molecule has 84 heavy (non-hydrogen) atoms. The molecule has 7 aromatic rings. The summed E-state index contributed by atoms with van der Waals surface area (Å²) in [7, 11) is 0. The van der Waals surface area contributed by atoms with Crippen LogP contribution in [0.3, 0.4) is 0 Å². The Morgan fingerprint density at radius 2 is 0.940 bits per heavy atom. The van der Waals surface area contributed by atoms with Crippen molar-refractivity contribution in [3.63, 3.8) is 0 Å². The Morgan fingerprint density at radius 1 is 0.464 bits per heavy atom. The maximum absolute atomic E-state index is 4.64. The number of hydrogen-bond donors (Lipinski definition) is 0. The first-order valence-corrected chi connectivity index (χ1v) is 31.5. The molecule has 0 aliphatic rings. The molecule has 2 atom stereocenters. The van der Waals surface area contributed by atoms with Gasteiger partial charge in [-0.05, 0) is 196 Å². The Hall–Kier alpha value is -7.80. The van der Waals surface area contributed by atoms with E-state index in [-0.39, 0.29) is 5.92 Å². The van der Waals surface area contributed by atoms with E-state index in [4.69, 9.17) is 0 Å². The van der Waals surface area contributed by atoms with Gasteiger partial charge in [0.15, 0.2) is 0 Å². The summed E-state index contributed by atoms with van der Waals surface area (Å²) in [6.07, 6.45) is 35.2. The van der Waals surface area contributed by atoms with E-state index in [1.165, 1.54) is 123 Å². The molecule has 0 heteroatoms. The summed E-state index contributed by atoms with van der Waals surface area (Å²) in [5.41, 5.74) is 21.9. The fourth-order valence-electron chi connectivity index (χ4n) is 9.68. The van der Waals surface area contributed by atoms with Crippen LogP contribution >= 0.6 is 0 Å². The minimum absolute atomic E-state index is 0.167. The zero-order valence-electron chi connectivity index (χ0n) is 54.8. The van der Waals surface area contributed by atoms with Crippen molar-refractivity contribution in [1.29, 1.82) is 0 Å². The van der Waals surface area contributed by atoms with Crippen LogP contribution in [0.4, 0.5) is 0 Å². The first-order chi connectivity index (χ1) is 40.7. The number of benzene rings is 7. The van der Waals surface area contributed by atoms with Gasteiger partial charge in [-0.3, -0.25) is 0 Å². The zero-order chi connectivity index (χ0) is 61.6. The number of fused-ring (bicyclic) bond motifs is 2. The van der Waals surface area contributed by atoms with E-state index >= 15 is 0 Å². The summed E-state index contributed by atoms with van der Waals surface area (Å²) in [4.78, 5) is 0. The van der Waals surface area contributed by atoms with Crippen molar-refractivity contribution in [3.8, 4) is 44.5 Å². The molecule has 0 saturated carbocycles. The number of allylic oxidation sites excluding steroid dienone is 21. The van der Waals surface area contributed by atoms with Crippen molar-refractivity contribution in [2.24, 2.45) is 11.8 Å². The third-order valence-electron chi connectivity index (χ3n) is 15.1. The lowest BCUT2D eigenvalue weighted by Crippen LogP contribution is -1.99. The van der Waals surface area contributed by atoms with Crippen LogP contribution in [0.25, 0.3) is 77.2 Å². The molecule has 0 saturated heterocycles. The first kappa shape index (κ1) is 68.7. The van der Waals surface area contributed by atoms with E-state index in [0.717, 1.165) is 31.3 Å². The van der Waals surface area contributed by atoms with Gasteiger partial charge in [-0.25, -0.2) is 0 Å². The molecular weight excluding hydrogens is 1010 g/mol. The molecule has 2 unspecified atom stereocenters. The smallest absolute Gasteiger partial charge is 0.00132 e. The van der Waals surface area contributed by atoms with Crippen molar-refractivity contribution in [2.45, 2.75) is 150 Å². The highest BCUT2D eigenvalue weighted by Crippen LogP contribution is 2.47. The van der Waals surface area contributed by atoms with Gasteiger partial charge in [0.25, 0.3) is 0 Å². The summed E-state index contributed by atoms with van der Waals surface area (Å²) in [6, 6.07) is 54.0. The molecule has 0 N–H and O–H groups in total. The molecule has 0 bridgehead atoms. The summed E-state index contributed by atoms with van der Waals surface area (Å²) >= 11 is 0. The van der Waals surface area contributed by atoms with Crippen molar-refractivity contribution >= 4 is 32.7 Å². The third kappa shape index (κ3) is 19.7. The quantitative estimate of drug-likeness (QED) is 0.0497. The second kappa shape index (κ2) is 36.7. The normalized spacial score (nSPS) is 13.3. The van der Waals surface area contributed by atoms with Crippen LogP contribution < -0.4 is 0 Å². The van der Waals surface area contributed by atoms with E-state index in [9.17, 15) is 0 Å². The van der Waals surface area contributed by atoms with E-state index in [1.807, 2.05) is 27.7 Å². The van der Waals surface area contributed by atoms with E-state index < -0.39 is 0 Å². The fraction of sp³-hybridized carbons (Fsp3) is 0.286. The van der Waals surface area contributed by atoms with Crippen LogP contribution in [0.15, 0.2) is 265 Å². The molecule has 7 aromatic carbocycles. The lowest BCUT2D eigenvalue weighted by atomic mass is 9.81. The topological polar surface area (TPSA) is 0 Å². The molecule has 438 valence electrons. The second-order valence-corrected chi connectivity index (χ2v) is 21.9. The summed E-state index contributed by atoms with van der Waals surface area (Å²) < 4.78 is 0. The largest absolute Gasteiger partial charge is 0.0952 e. The van der Waals surface area contributed by atoms with Crippen molar-refractivity contribution < 1.29 is 0 Å². The SMILES string of the molecule is C=C(/C=C\C(=C/C(C)CC)c1c2ccccc2c(C(/C=C/CCC)=C/C=C(C)/C(C)=C/C=C\C(C)=C(/C)CC)c2cc(-c3cccc(-c4ccccc4)c3)c(-c3cccc(-c4ccccc4)c3)cc12)C(C)/C=C\C=C(C)C.CC.CC.CCC. The minimum atomic E-state index is 0.167. The molecule has 0 fully saturated rings. The van der Waals surface area contributed by atoms with Gasteiger partial charge < -0.3 is 0 Å². The highest BCUT2D eigenvalue weighted by molar-refractivity contribution is 6.19. The van der Waals surface area contributed by atoms with Gasteiger partial charge in [0, 0.05) is 0 Å². The van der Waals surface area contributed by atoms with Crippen LogP contribution in [0, 0.1) is 11.8 Å². The van der Waals surface area contributed by atoms with Crippen molar-refractivity contribution in [2.75, 3.05) is 0 Å². The monoisotopic (exact) mass is 1110 g/mol. The highest BCUT2D eigenvalue weighted by Gasteiger charge is 2.22. The van der Waals surface area contributed by atoms with Crippen LogP contribution in [-0.2, 0) is 0 Å². The number of rotatable bonds is 21. The Bertz CT molecular complexity index is 3520. The van der Waals surface area contributed by atoms with Gasteiger partial charge in [0.05, 0.1) is 0 Å². The van der Waals surface area contributed by atoms with Crippen LogP contribution in [0.1, 0.15) is 161 Å².